The molecule has 2 aliphatic heterocycles. The summed E-state index contributed by atoms with van der Waals surface area (Å²) in [5.74, 6) is -0.0254. The molecule has 0 saturated carbocycles. The maximum Gasteiger partial charge on any atom is 0.234 e. The fourth-order valence-corrected chi connectivity index (χ4v) is 5.11. The summed E-state index contributed by atoms with van der Waals surface area (Å²) in [6.07, 6.45) is -0.349. The van der Waals surface area contributed by atoms with Crippen molar-refractivity contribution in [2.45, 2.75) is 57.9 Å². The fraction of sp³-hybridized carbons (Fsp3) is 0.393. The van der Waals surface area contributed by atoms with Crippen LogP contribution < -0.4 is 5.48 Å². The third-order valence-electron chi connectivity index (χ3n) is 7.06. The molecule has 8 nitrogen and oxygen atoms in total. The summed E-state index contributed by atoms with van der Waals surface area (Å²) in [4.78, 5) is 26.1. The van der Waals surface area contributed by atoms with Gasteiger partial charge in [-0.2, -0.15) is 0 Å². The first kappa shape index (κ1) is 25.1. The highest BCUT2D eigenvalue weighted by atomic mass is 19.1. The van der Waals surface area contributed by atoms with Crippen LogP contribution in [0.5, 0.6) is 0 Å². The molecule has 1 fully saturated rings. The Morgan fingerprint density at radius 3 is 2.59 bits per heavy atom. The van der Waals surface area contributed by atoms with Crippen LogP contribution >= 0.6 is 0 Å². The highest BCUT2D eigenvalue weighted by Crippen LogP contribution is 2.36. The van der Waals surface area contributed by atoms with Crippen molar-refractivity contribution in [3.8, 4) is 11.1 Å². The summed E-state index contributed by atoms with van der Waals surface area (Å²) in [5, 5.41) is 14.4. The molecule has 1 amide bonds. The number of amidine groups is 1. The number of nitrogens with zero attached hydrogens (tertiary/aromatic N) is 3. The van der Waals surface area contributed by atoms with Gasteiger partial charge >= 0.3 is 0 Å². The number of aliphatic hydroxyl groups is 1. The molecule has 0 radical (unpaired) electrons. The van der Waals surface area contributed by atoms with Gasteiger partial charge in [-0.15, -0.1) is 0 Å². The topological polar surface area (TPSA) is 100 Å². The molecule has 37 heavy (non-hydrogen) atoms. The molecule has 1 saturated heterocycles. The van der Waals surface area contributed by atoms with Gasteiger partial charge in [0.25, 0.3) is 0 Å². The Morgan fingerprint density at radius 2 is 1.95 bits per heavy atom. The number of hydroxylamine groups is 1. The van der Waals surface area contributed by atoms with Crippen molar-refractivity contribution in [3.63, 3.8) is 0 Å². The number of rotatable bonds is 6. The number of carbonyl (C=O) groups is 1. The second kappa shape index (κ2) is 9.72. The van der Waals surface area contributed by atoms with Crippen LogP contribution in [0.25, 0.3) is 11.1 Å². The van der Waals surface area contributed by atoms with E-state index in [1.807, 2.05) is 52.0 Å². The van der Waals surface area contributed by atoms with Gasteiger partial charge in [-0.1, -0.05) is 61.5 Å². The van der Waals surface area contributed by atoms with Crippen molar-refractivity contribution in [1.82, 2.24) is 15.5 Å². The first-order valence-corrected chi connectivity index (χ1v) is 12.5. The minimum absolute atomic E-state index is 0.0359. The Labute approximate surface area is 215 Å². The average Bonchev–Trinajstić information content (AvgIpc) is 3.58. The molecule has 2 aliphatic rings. The number of aryl methyl sites for hydroxylation is 1. The molecule has 3 heterocycles. The Morgan fingerprint density at radius 1 is 1.22 bits per heavy atom. The Hall–Kier alpha value is -3.56. The average molecular weight is 507 g/mol. The summed E-state index contributed by atoms with van der Waals surface area (Å²) >= 11 is 0. The highest BCUT2D eigenvalue weighted by molar-refractivity contribution is 5.94. The first-order valence-electron chi connectivity index (χ1n) is 12.5. The Balaban J connectivity index is 1.40. The van der Waals surface area contributed by atoms with Crippen molar-refractivity contribution < 1.29 is 23.7 Å². The second-order valence-electron chi connectivity index (χ2n) is 10.2. The standard InChI is InChI=1S/C28H31FN4O4/c1-16(2)25(24-13-17(3)31-36-24)27(35)33-15-20(34)14-23(33)26-30-28(4,37-32-26)19-11-9-18(10-12-19)21-7-5-6-8-22(21)29/h5-13,16,20,23,25,34H,14-15H2,1-4H3,(H,30,32)/t20-,23+,25-,28?/m1/s1. The van der Waals surface area contributed by atoms with Gasteiger partial charge in [0, 0.05) is 30.2 Å². The monoisotopic (exact) mass is 506 g/mol. The normalized spacial score (nSPS) is 24.3. The zero-order valence-corrected chi connectivity index (χ0v) is 21.3. The lowest BCUT2D eigenvalue weighted by atomic mass is 9.91. The first-order chi connectivity index (χ1) is 17.7. The number of hydrogen-bond donors (Lipinski definition) is 2. The predicted octanol–water partition coefficient (Wildman–Crippen LogP) is 4.30. The quantitative estimate of drug-likeness (QED) is 0.517. The molecule has 3 aromatic rings. The molecule has 194 valence electrons. The van der Waals surface area contributed by atoms with Gasteiger partial charge in [0.2, 0.25) is 11.6 Å². The van der Waals surface area contributed by atoms with Gasteiger partial charge < -0.3 is 14.5 Å². The molecule has 0 spiro atoms. The van der Waals surface area contributed by atoms with Crippen LogP contribution in [0, 0.1) is 18.7 Å². The van der Waals surface area contributed by atoms with E-state index in [2.05, 4.69) is 10.6 Å². The molecule has 5 rings (SSSR count). The van der Waals surface area contributed by atoms with Crippen LogP contribution in [0.3, 0.4) is 0 Å². The Kier molecular flexibility index (Phi) is 6.59. The maximum atomic E-state index is 14.2. The number of aliphatic imine (C=N–C) groups is 1. The van der Waals surface area contributed by atoms with E-state index in [-0.39, 0.29) is 24.2 Å². The lowest BCUT2D eigenvalue weighted by Crippen LogP contribution is -2.46. The lowest BCUT2D eigenvalue weighted by Gasteiger charge is -2.29. The predicted molar refractivity (Wildman–Crippen MR) is 136 cm³/mol. The minimum Gasteiger partial charge on any atom is -0.391 e. The van der Waals surface area contributed by atoms with Crippen molar-refractivity contribution in [3.05, 3.63) is 77.4 Å². The lowest BCUT2D eigenvalue weighted by molar-refractivity contribution is -0.134. The maximum absolute atomic E-state index is 14.2. The summed E-state index contributed by atoms with van der Waals surface area (Å²) in [5.41, 5.74) is 4.60. The molecule has 1 unspecified atom stereocenters. The van der Waals surface area contributed by atoms with E-state index in [9.17, 15) is 14.3 Å². The number of carbonyl (C=O) groups excluding carboxylic acids is 1. The van der Waals surface area contributed by atoms with Crippen LogP contribution in [0.15, 0.2) is 64.1 Å². The minimum atomic E-state index is -1.05. The van der Waals surface area contributed by atoms with E-state index in [1.165, 1.54) is 6.07 Å². The smallest absolute Gasteiger partial charge is 0.234 e. The van der Waals surface area contributed by atoms with E-state index >= 15 is 0 Å². The molecule has 9 heteroatoms. The molecular weight excluding hydrogens is 475 g/mol. The summed E-state index contributed by atoms with van der Waals surface area (Å²) in [7, 11) is 0. The third kappa shape index (κ3) is 4.76. The Bertz CT molecular complexity index is 1320. The van der Waals surface area contributed by atoms with E-state index in [0.29, 0.717) is 29.3 Å². The number of amides is 1. The third-order valence-corrected chi connectivity index (χ3v) is 7.06. The molecule has 0 aliphatic carbocycles. The molecule has 2 N–H and O–H groups in total. The number of benzene rings is 2. The number of likely N-dealkylation sites (tertiary alicyclic amines) is 1. The summed E-state index contributed by atoms with van der Waals surface area (Å²) < 4.78 is 19.6. The number of hydrogen-bond acceptors (Lipinski definition) is 7. The van der Waals surface area contributed by atoms with Gasteiger partial charge in [-0.25, -0.2) is 19.7 Å². The highest BCUT2D eigenvalue weighted by Gasteiger charge is 2.45. The zero-order chi connectivity index (χ0) is 26.3. The second-order valence-corrected chi connectivity index (χ2v) is 10.2. The van der Waals surface area contributed by atoms with Crippen molar-refractivity contribution in [1.29, 1.82) is 0 Å². The van der Waals surface area contributed by atoms with Crippen LogP contribution in [-0.2, 0) is 15.4 Å². The van der Waals surface area contributed by atoms with Crippen molar-refractivity contribution in [2.24, 2.45) is 10.9 Å². The van der Waals surface area contributed by atoms with Gasteiger partial charge in [-0.05, 0) is 31.4 Å². The summed E-state index contributed by atoms with van der Waals surface area (Å²) in [6.45, 7) is 7.73. The van der Waals surface area contributed by atoms with Crippen LogP contribution in [0.2, 0.25) is 0 Å². The van der Waals surface area contributed by atoms with E-state index < -0.39 is 23.8 Å². The van der Waals surface area contributed by atoms with E-state index in [1.54, 1.807) is 29.2 Å². The van der Waals surface area contributed by atoms with Crippen LogP contribution in [0.1, 0.15) is 50.1 Å². The van der Waals surface area contributed by atoms with Gasteiger partial charge in [0.1, 0.15) is 23.3 Å². The number of aromatic nitrogens is 1. The van der Waals surface area contributed by atoms with Crippen LogP contribution in [-0.4, -0.2) is 45.6 Å². The van der Waals surface area contributed by atoms with Crippen LogP contribution in [0.4, 0.5) is 4.39 Å². The zero-order valence-electron chi connectivity index (χ0n) is 21.3. The molecule has 4 atom stereocenters. The SMILES string of the molecule is Cc1cc([C@H](C(=O)N2C[C@H](O)C[C@H]2C2=NC(C)(c3ccc(-c4ccccc4F)cc3)ON2)C(C)C)on1. The number of aliphatic hydroxyl groups excluding tert-OH is 1. The molecule has 0 bridgehead atoms. The molecular formula is C28H31FN4O4. The molecule has 1 aromatic heterocycles. The molecule has 2 aromatic carbocycles. The van der Waals surface area contributed by atoms with E-state index in [0.717, 1.165) is 11.1 Å². The number of β-amino-alcohol motifs (C(OH)–C–C–N with tert-alkyl or cyclic N) is 1. The van der Waals surface area contributed by atoms with Gasteiger partial charge in [-0.3, -0.25) is 4.79 Å². The number of halogens is 1. The van der Waals surface area contributed by atoms with Gasteiger partial charge in [0.05, 0.1) is 17.8 Å². The van der Waals surface area contributed by atoms with Gasteiger partial charge in [0.15, 0.2) is 0 Å². The fourth-order valence-electron chi connectivity index (χ4n) is 5.11. The number of nitrogens with one attached hydrogen (secondary N) is 1. The summed E-state index contributed by atoms with van der Waals surface area (Å²) in [6, 6.07) is 15.3. The van der Waals surface area contributed by atoms with E-state index in [4.69, 9.17) is 14.4 Å². The van der Waals surface area contributed by atoms with Crippen molar-refractivity contribution in [2.75, 3.05) is 6.54 Å². The largest absolute Gasteiger partial charge is 0.391 e. The van der Waals surface area contributed by atoms with Crippen molar-refractivity contribution >= 4 is 11.7 Å².